The molecule has 0 saturated heterocycles. The van der Waals surface area contributed by atoms with E-state index in [9.17, 15) is 9.18 Å². The van der Waals surface area contributed by atoms with Crippen LogP contribution in [0.5, 0.6) is 11.5 Å². The molecular formula is C21H18FN5O2. The van der Waals surface area contributed by atoms with E-state index in [2.05, 4.69) is 15.3 Å². The minimum atomic E-state index is -0.318. The normalized spacial score (nSPS) is 10.7. The average Bonchev–Trinajstić information content (AvgIpc) is 3.02. The Morgan fingerprint density at radius 1 is 1.14 bits per heavy atom. The highest BCUT2D eigenvalue weighted by Gasteiger charge is 2.10. The number of carbonyl (C=O) groups excluding carboxylic acids is 1. The molecule has 0 bridgehead atoms. The molecule has 0 aliphatic rings. The van der Waals surface area contributed by atoms with Gasteiger partial charge in [-0.3, -0.25) is 4.79 Å². The summed E-state index contributed by atoms with van der Waals surface area (Å²) in [4.78, 5) is 21.0. The van der Waals surface area contributed by atoms with Gasteiger partial charge in [-0.1, -0.05) is 6.07 Å². The van der Waals surface area contributed by atoms with Gasteiger partial charge in [0.2, 0.25) is 12.4 Å². The lowest BCUT2D eigenvalue weighted by Crippen LogP contribution is -2.14. The van der Waals surface area contributed by atoms with Gasteiger partial charge in [-0.05, 0) is 36.4 Å². The van der Waals surface area contributed by atoms with E-state index in [0.717, 1.165) is 11.0 Å². The van der Waals surface area contributed by atoms with Crippen molar-refractivity contribution in [3.8, 4) is 11.5 Å². The number of benzene rings is 2. The first kappa shape index (κ1) is 18.4. The van der Waals surface area contributed by atoms with E-state index >= 15 is 0 Å². The Hall–Kier alpha value is -3.94. The van der Waals surface area contributed by atoms with Gasteiger partial charge in [-0.15, -0.1) is 0 Å². The van der Waals surface area contributed by atoms with Gasteiger partial charge >= 0.3 is 0 Å². The number of halogens is 1. The summed E-state index contributed by atoms with van der Waals surface area (Å²) in [5.74, 6) is 1.90. The van der Waals surface area contributed by atoms with Crippen molar-refractivity contribution in [2.24, 2.45) is 7.05 Å². The number of hydrogen-bond donors (Lipinski definition) is 1. The van der Waals surface area contributed by atoms with Crippen LogP contribution in [0.3, 0.4) is 0 Å². The molecule has 4 rings (SSSR count). The summed E-state index contributed by atoms with van der Waals surface area (Å²) in [5, 5.41) is 3.12. The van der Waals surface area contributed by atoms with Crippen molar-refractivity contribution in [3.05, 3.63) is 66.6 Å². The molecule has 0 spiro atoms. The molecule has 4 aromatic rings. The smallest absolute Gasteiger partial charge is 0.215 e. The van der Waals surface area contributed by atoms with Crippen LogP contribution in [0, 0.1) is 5.82 Å². The second-order valence-electron chi connectivity index (χ2n) is 6.45. The molecule has 0 saturated carbocycles. The quantitative estimate of drug-likeness (QED) is 0.498. The van der Waals surface area contributed by atoms with Gasteiger partial charge in [0.05, 0.1) is 11.0 Å². The van der Waals surface area contributed by atoms with Crippen molar-refractivity contribution in [1.82, 2.24) is 14.5 Å². The van der Waals surface area contributed by atoms with Crippen LogP contribution in [-0.4, -0.2) is 28.0 Å². The maximum absolute atomic E-state index is 13.4. The molecule has 0 aliphatic carbocycles. The molecule has 1 amide bonds. The second-order valence-corrected chi connectivity index (χ2v) is 6.45. The van der Waals surface area contributed by atoms with Crippen molar-refractivity contribution in [1.29, 1.82) is 0 Å². The Morgan fingerprint density at radius 3 is 2.76 bits per heavy atom. The van der Waals surface area contributed by atoms with Crippen LogP contribution in [0.15, 0.2) is 60.8 Å². The summed E-state index contributed by atoms with van der Waals surface area (Å²) >= 11 is 0. The highest BCUT2D eigenvalue weighted by atomic mass is 19.1. The van der Waals surface area contributed by atoms with E-state index in [1.807, 2.05) is 29.8 Å². The zero-order valence-corrected chi connectivity index (χ0v) is 15.8. The molecule has 0 aliphatic heterocycles. The monoisotopic (exact) mass is 391 g/mol. The first-order valence-electron chi connectivity index (χ1n) is 8.84. The number of imidazole rings is 1. The Labute approximate surface area is 166 Å². The summed E-state index contributed by atoms with van der Waals surface area (Å²) in [7, 11) is 3.49. The predicted octanol–water partition coefficient (Wildman–Crippen LogP) is 4.24. The number of aromatic nitrogens is 3. The number of ether oxygens (including phenoxy) is 1. The van der Waals surface area contributed by atoms with Crippen LogP contribution in [0.2, 0.25) is 0 Å². The Balaban J connectivity index is 1.60. The van der Waals surface area contributed by atoms with Crippen LogP contribution in [0.4, 0.5) is 21.8 Å². The Morgan fingerprint density at radius 2 is 1.97 bits per heavy atom. The largest absolute Gasteiger partial charge is 0.457 e. The number of fused-ring (bicyclic) bond motifs is 1. The highest BCUT2D eigenvalue weighted by molar-refractivity contribution is 5.81. The number of pyridine rings is 1. The predicted molar refractivity (Wildman–Crippen MR) is 109 cm³/mol. The van der Waals surface area contributed by atoms with Crippen LogP contribution in [0.1, 0.15) is 0 Å². The number of nitrogens with one attached hydrogen (secondary N) is 1. The fraction of sp³-hybridized carbons (Fsp3) is 0.0952. The number of carbonyl (C=O) groups is 1. The van der Waals surface area contributed by atoms with Crippen molar-refractivity contribution in [2.75, 3.05) is 17.3 Å². The molecule has 29 heavy (non-hydrogen) atoms. The van der Waals surface area contributed by atoms with Gasteiger partial charge in [0.1, 0.15) is 23.1 Å². The van der Waals surface area contributed by atoms with Gasteiger partial charge in [-0.25, -0.2) is 14.4 Å². The van der Waals surface area contributed by atoms with Gasteiger partial charge in [-0.2, -0.15) is 0 Å². The van der Waals surface area contributed by atoms with Crippen LogP contribution in [-0.2, 0) is 11.8 Å². The molecule has 146 valence electrons. The minimum Gasteiger partial charge on any atom is -0.457 e. The summed E-state index contributed by atoms with van der Waals surface area (Å²) in [6.45, 7) is 0. The zero-order valence-electron chi connectivity index (χ0n) is 15.8. The third-order valence-corrected chi connectivity index (χ3v) is 4.41. The second kappa shape index (κ2) is 7.59. The summed E-state index contributed by atoms with van der Waals surface area (Å²) in [5.41, 5.74) is 2.24. The molecule has 0 unspecified atom stereocenters. The van der Waals surface area contributed by atoms with E-state index in [0.29, 0.717) is 35.4 Å². The number of amides is 1. The maximum atomic E-state index is 13.4. The van der Waals surface area contributed by atoms with Gasteiger partial charge in [0, 0.05) is 38.1 Å². The molecule has 2 aromatic heterocycles. The number of aryl methyl sites for hydroxylation is 1. The number of anilines is 3. The molecular weight excluding hydrogens is 373 g/mol. The minimum absolute atomic E-state index is 0.318. The molecule has 1 N–H and O–H groups in total. The molecule has 8 heteroatoms. The lowest BCUT2D eigenvalue weighted by atomic mass is 10.3. The molecule has 0 atom stereocenters. The number of nitrogens with zero attached hydrogens (tertiary/aromatic N) is 4. The van der Waals surface area contributed by atoms with Crippen LogP contribution >= 0.6 is 0 Å². The maximum Gasteiger partial charge on any atom is 0.215 e. The lowest BCUT2D eigenvalue weighted by Gasteiger charge is -2.11. The summed E-state index contributed by atoms with van der Waals surface area (Å²) in [6, 6.07) is 15.1. The van der Waals surface area contributed by atoms with Crippen molar-refractivity contribution in [2.45, 2.75) is 0 Å². The van der Waals surface area contributed by atoms with Gasteiger partial charge in [0.15, 0.2) is 0 Å². The summed E-state index contributed by atoms with van der Waals surface area (Å²) < 4.78 is 21.2. The SMILES string of the molecule is CN(C=O)c1cc(Oc2ccc3c(c2)nc(Nc2cccc(F)c2)n3C)ccn1. The molecule has 0 fully saturated rings. The third-order valence-electron chi connectivity index (χ3n) is 4.41. The van der Waals surface area contributed by atoms with E-state index in [-0.39, 0.29) is 5.82 Å². The zero-order chi connectivity index (χ0) is 20.4. The van der Waals surface area contributed by atoms with Crippen molar-refractivity contribution >= 4 is 34.9 Å². The van der Waals surface area contributed by atoms with E-state index in [1.165, 1.54) is 17.0 Å². The standard InChI is InChI=1S/C21H18FN5O2/c1-26(13-28)20-12-17(8-9-23-20)29-16-6-7-19-18(11-16)25-21(27(19)2)24-15-5-3-4-14(22)10-15/h3-13H,1-2H3,(H,24,25). The lowest BCUT2D eigenvalue weighted by molar-refractivity contribution is -0.107. The third kappa shape index (κ3) is 3.86. The topological polar surface area (TPSA) is 72.3 Å². The van der Waals surface area contributed by atoms with E-state index in [1.54, 1.807) is 37.5 Å². The number of hydrogen-bond acceptors (Lipinski definition) is 5. The highest BCUT2D eigenvalue weighted by Crippen LogP contribution is 2.29. The van der Waals surface area contributed by atoms with Gasteiger partial charge in [0.25, 0.3) is 0 Å². The average molecular weight is 391 g/mol. The van der Waals surface area contributed by atoms with Crippen molar-refractivity contribution < 1.29 is 13.9 Å². The van der Waals surface area contributed by atoms with Crippen LogP contribution < -0.4 is 15.0 Å². The van der Waals surface area contributed by atoms with E-state index in [4.69, 9.17) is 4.74 Å². The first-order chi connectivity index (χ1) is 14.0. The number of rotatable bonds is 6. The fourth-order valence-electron chi connectivity index (χ4n) is 2.90. The Bertz CT molecular complexity index is 1190. The molecule has 2 heterocycles. The molecule has 7 nitrogen and oxygen atoms in total. The molecule has 2 aromatic carbocycles. The molecule has 0 radical (unpaired) electrons. The summed E-state index contributed by atoms with van der Waals surface area (Å²) in [6.07, 6.45) is 2.25. The van der Waals surface area contributed by atoms with E-state index < -0.39 is 0 Å². The first-order valence-corrected chi connectivity index (χ1v) is 8.84. The fourth-order valence-corrected chi connectivity index (χ4v) is 2.90. The Kier molecular flexibility index (Phi) is 4.82. The van der Waals surface area contributed by atoms with Gasteiger partial charge < -0.3 is 19.5 Å². The van der Waals surface area contributed by atoms with Crippen LogP contribution in [0.25, 0.3) is 11.0 Å². The van der Waals surface area contributed by atoms with Crippen molar-refractivity contribution in [3.63, 3.8) is 0 Å².